The first-order chi connectivity index (χ1) is 5.95. The van der Waals surface area contributed by atoms with Crippen LogP contribution in [0.1, 0.15) is 40.0 Å². The van der Waals surface area contributed by atoms with E-state index in [1.54, 1.807) is 0 Å². The number of alkyl halides is 1. The van der Waals surface area contributed by atoms with Gasteiger partial charge in [-0.15, -0.1) is 11.6 Å². The van der Waals surface area contributed by atoms with Crippen LogP contribution < -0.4 is 5.32 Å². The van der Waals surface area contributed by atoms with Gasteiger partial charge in [0, 0.05) is 18.8 Å². The van der Waals surface area contributed by atoms with E-state index in [9.17, 15) is 4.79 Å². The molecule has 0 bridgehead atoms. The predicted octanol–water partition coefficient (Wildman–Crippen LogP) is 2.56. The minimum atomic E-state index is 0.0799. The molecule has 0 rings (SSSR count). The molecule has 3 heteroatoms. The molecule has 0 aliphatic rings. The lowest BCUT2D eigenvalue weighted by atomic mass is 9.92. The van der Waals surface area contributed by atoms with Crippen molar-refractivity contribution < 1.29 is 4.79 Å². The number of carbonyl (C=O) groups is 1. The Morgan fingerprint density at radius 3 is 2.38 bits per heavy atom. The zero-order chi connectivity index (χ0) is 10.3. The molecule has 0 aromatic rings. The summed E-state index contributed by atoms with van der Waals surface area (Å²) < 4.78 is 0. The lowest BCUT2D eigenvalue weighted by Gasteiger charge is -2.17. The molecule has 78 valence electrons. The minimum absolute atomic E-state index is 0.0799. The second-order valence-corrected chi connectivity index (χ2v) is 4.86. The van der Waals surface area contributed by atoms with E-state index in [0.717, 1.165) is 19.4 Å². The zero-order valence-corrected chi connectivity index (χ0v) is 9.58. The quantitative estimate of drug-likeness (QED) is 0.543. The van der Waals surface area contributed by atoms with Gasteiger partial charge < -0.3 is 5.32 Å². The van der Waals surface area contributed by atoms with E-state index in [2.05, 4.69) is 26.1 Å². The van der Waals surface area contributed by atoms with E-state index in [0.29, 0.717) is 12.3 Å². The predicted molar refractivity (Wildman–Crippen MR) is 57.0 cm³/mol. The van der Waals surface area contributed by atoms with E-state index < -0.39 is 0 Å². The Morgan fingerprint density at radius 1 is 1.31 bits per heavy atom. The number of amides is 1. The Morgan fingerprint density at radius 2 is 1.92 bits per heavy atom. The Kier molecular flexibility index (Phi) is 6.13. The van der Waals surface area contributed by atoms with Crippen LogP contribution in [0.3, 0.4) is 0 Å². The fraction of sp³-hybridized carbons (Fsp3) is 0.900. The standard InChI is InChI=1S/C10H20ClNO/c1-10(2,3)8-9(13)12-7-5-4-6-11/h4-8H2,1-3H3,(H,12,13). The first kappa shape index (κ1) is 12.8. The molecule has 0 aromatic carbocycles. The second kappa shape index (κ2) is 6.25. The number of rotatable bonds is 5. The van der Waals surface area contributed by atoms with Gasteiger partial charge in [-0.25, -0.2) is 0 Å². The summed E-state index contributed by atoms with van der Waals surface area (Å²) in [7, 11) is 0. The highest BCUT2D eigenvalue weighted by Gasteiger charge is 2.14. The van der Waals surface area contributed by atoms with Crippen molar-refractivity contribution in [3.63, 3.8) is 0 Å². The Balaban J connectivity index is 3.41. The Hall–Kier alpha value is -0.240. The summed E-state index contributed by atoms with van der Waals surface area (Å²) in [5.41, 5.74) is 0.0799. The molecule has 0 unspecified atom stereocenters. The monoisotopic (exact) mass is 205 g/mol. The van der Waals surface area contributed by atoms with Crippen molar-refractivity contribution in [2.75, 3.05) is 12.4 Å². The lowest BCUT2D eigenvalue weighted by molar-refractivity contribution is -0.122. The van der Waals surface area contributed by atoms with E-state index in [1.165, 1.54) is 0 Å². The van der Waals surface area contributed by atoms with Gasteiger partial charge >= 0.3 is 0 Å². The topological polar surface area (TPSA) is 29.1 Å². The molecule has 0 aromatic heterocycles. The molecule has 0 atom stereocenters. The van der Waals surface area contributed by atoms with Crippen molar-refractivity contribution in [2.24, 2.45) is 5.41 Å². The Labute approximate surface area is 86.0 Å². The number of hydrogen-bond acceptors (Lipinski definition) is 1. The van der Waals surface area contributed by atoms with E-state index >= 15 is 0 Å². The van der Waals surface area contributed by atoms with Crippen LogP contribution in [-0.4, -0.2) is 18.3 Å². The van der Waals surface area contributed by atoms with Gasteiger partial charge in [0.2, 0.25) is 5.91 Å². The molecule has 2 nitrogen and oxygen atoms in total. The van der Waals surface area contributed by atoms with Gasteiger partial charge in [-0.05, 0) is 18.3 Å². The maximum absolute atomic E-state index is 11.3. The van der Waals surface area contributed by atoms with Crippen molar-refractivity contribution in [1.29, 1.82) is 0 Å². The summed E-state index contributed by atoms with van der Waals surface area (Å²) in [4.78, 5) is 11.3. The smallest absolute Gasteiger partial charge is 0.220 e. The van der Waals surface area contributed by atoms with Crippen LogP contribution in [0.5, 0.6) is 0 Å². The molecule has 1 amide bonds. The summed E-state index contributed by atoms with van der Waals surface area (Å²) in [5.74, 6) is 0.817. The maximum atomic E-state index is 11.3. The summed E-state index contributed by atoms with van der Waals surface area (Å²) in [6, 6.07) is 0. The van der Waals surface area contributed by atoms with Gasteiger partial charge in [-0.2, -0.15) is 0 Å². The molecule has 1 N–H and O–H groups in total. The maximum Gasteiger partial charge on any atom is 0.220 e. The molecular formula is C10H20ClNO. The van der Waals surface area contributed by atoms with Gasteiger partial charge in [-0.3, -0.25) is 4.79 Å². The van der Waals surface area contributed by atoms with Gasteiger partial charge in [0.25, 0.3) is 0 Å². The number of carbonyl (C=O) groups excluding carboxylic acids is 1. The first-order valence-electron chi connectivity index (χ1n) is 4.78. The largest absolute Gasteiger partial charge is 0.356 e. The summed E-state index contributed by atoms with van der Waals surface area (Å²) in [6.45, 7) is 6.93. The van der Waals surface area contributed by atoms with Crippen LogP contribution in [0.4, 0.5) is 0 Å². The molecular weight excluding hydrogens is 186 g/mol. The van der Waals surface area contributed by atoms with Gasteiger partial charge in [0.1, 0.15) is 0 Å². The van der Waals surface area contributed by atoms with Crippen LogP contribution in [0.15, 0.2) is 0 Å². The summed E-state index contributed by atoms with van der Waals surface area (Å²) >= 11 is 5.51. The van der Waals surface area contributed by atoms with Crippen molar-refractivity contribution in [2.45, 2.75) is 40.0 Å². The van der Waals surface area contributed by atoms with Crippen molar-refractivity contribution in [3.05, 3.63) is 0 Å². The fourth-order valence-electron chi connectivity index (χ4n) is 0.991. The van der Waals surface area contributed by atoms with Crippen molar-refractivity contribution >= 4 is 17.5 Å². The van der Waals surface area contributed by atoms with Crippen LogP contribution in [0.25, 0.3) is 0 Å². The number of nitrogens with one attached hydrogen (secondary N) is 1. The number of hydrogen-bond donors (Lipinski definition) is 1. The van der Waals surface area contributed by atoms with Crippen LogP contribution in [0, 0.1) is 5.41 Å². The summed E-state index contributed by atoms with van der Waals surface area (Å²) in [5, 5.41) is 2.88. The van der Waals surface area contributed by atoms with Gasteiger partial charge in [0.05, 0.1) is 0 Å². The molecule has 0 fully saturated rings. The molecule has 0 saturated heterocycles. The van der Waals surface area contributed by atoms with Crippen LogP contribution >= 0.6 is 11.6 Å². The first-order valence-corrected chi connectivity index (χ1v) is 5.32. The average molecular weight is 206 g/mol. The van der Waals surface area contributed by atoms with E-state index in [4.69, 9.17) is 11.6 Å². The fourth-order valence-corrected chi connectivity index (χ4v) is 1.18. The van der Waals surface area contributed by atoms with Crippen molar-refractivity contribution in [3.8, 4) is 0 Å². The lowest BCUT2D eigenvalue weighted by Crippen LogP contribution is -2.28. The van der Waals surface area contributed by atoms with Gasteiger partial charge in [0.15, 0.2) is 0 Å². The van der Waals surface area contributed by atoms with Crippen LogP contribution in [-0.2, 0) is 4.79 Å². The number of halogens is 1. The third kappa shape index (κ3) is 9.68. The molecule has 0 aliphatic carbocycles. The third-order valence-electron chi connectivity index (χ3n) is 1.57. The van der Waals surface area contributed by atoms with E-state index in [-0.39, 0.29) is 11.3 Å². The average Bonchev–Trinajstić information content (AvgIpc) is 1.94. The van der Waals surface area contributed by atoms with Crippen LogP contribution in [0.2, 0.25) is 0 Å². The molecule has 0 saturated carbocycles. The highest BCUT2D eigenvalue weighted by atomic mass is 35.5. The van der Waals surface area contributed by atoms with Crippen molar-refractivity contribution in [1.82, 2.24) is 5.32 Å². The number of unbranched alkanes of at least 4 members (excludes halogenated alkanes) is 1. The highest BCUT2D eigenvalue weighted by molar-refractivity contribution is 6.17. The van der Waals surface area contributed by atoms with E-state index in [1.807, 2.05) is 0 Å². The summed E-state index contributed by atoms with van der Waals surface area (Å²) in [6.07, 6.45) is 2.53. The minimum Gasteiger partial charge on any atom is -0.356 e. The highest BCUT2D eigenvalue weighted by Crippen LogP contribution is 2.17. The third-order valence-corrected chi connectivity index (χ3v) is 1.84. The molecule has 0 spiro atoms. The van der Waals surface area contributed by atoms with Gasteiger partial charge in [-0.1, -0.05) is 20.8 Å². The second-order valence-electron chi connectivity index (χ2n) is 4.48. The normalized spacial score (nSPS) is 11.4. The Bertz CT molecular complexity index is 151. The zero-order valence-electron chi connectivity index (χ0n) is 8.82. The molecule has 13 heavy (non-hydrogen) atoms. The SMILES string of the molecule is CC(C)(C)CC(=O)NCCCCCl. The molecule has 0 radical (unpaired) electrons. The molecule has 0 heterocycles. The molecule has 0 aliphatic heterocycles.